The van der Waals surface area contributed by atoms with Crippen LogP contribution < -0.4 is 10.6 Å². The highest BCUT2D eigenvalue weighted by molar-refractivity contribution is 14.0. The average molecular weight is 465 g/mol. The van der Waals surface area contributed by atoms with Gasteiger partial charge in [-0.3, -0.25) is 4.99 Å². The quantitative estimate of drug-likeness (QED) is 0.255. The minimum atomic E-state index is -0.161. The molecule has 0 bridgehead atoms. The van der Waals surface area contributed by atoms with Crippen molar-refractivity contribution in [3.05, 3.63) is 35.6 Å². The van der Waals surface area contributed by atoms with Crippen LogP contribution in [0.4, 0.5) is 4.39 Å². The fourth-order valence-electron chi connectivity index (χ4n) is 2.61. The highest BCUT2D eigenvalue weighted by Crippen LogP contribution is 2.11. The summed E-state index contributed by atoms with van der Waals surface area (Å²) in [5, 5.41) is 6.42. The van der Waals surface area contributed by atoms with Crippen LogP contribution in [0.1, 0.15) is 24.8 Å². The third kappa shape index (κ3) is 8.82. The van der Waals surface area contributed by atoms with Crippen molar-refractivity contribution in [1.82, 2.24) is 10.6 Å². The van der Waals surface area contributed by atoms with Gasteiger partial charge >= 0.3 is 0 Å². The molecule has 1 unspecified atom stereocenters. The first-order valence-corrected chi connectivity index (χ1v) is 8.67. The highest BCUT2D eigenvalue weighted by Gasteiger charge is 2.14. The van der Waals surface area contributed by atoms with E-state index in [0.717, 1.165) is 38.4 Å². The number of benzene rings is 1. The summed E-state index contributed by atoms with van der Waals surface area (Å²) in [4.78, 5) is 4.16. The number of hydrogen-bond donors (Lipinski definition) is 2. The van der Waals surface area contributed by atoms with Crippen molar-refractivity contribution in [2.45, 2.75) is 31.8 Å². The standard InChI is InChI=1S/C18H28FN3O2.HI/c1-20-18(22-11-9-15-6-2-3-8-17(15)19)21-10-5-12-23-14-16-7-4-13-24-16;/h2-3,6,8,16H,4-5,7,9-14H2,1H3,(H2,20,21,22);1H. The molecule has 1 aromatic rings. The molecular formula is C18H29FIN3O2. The van der Waals surface area contributed by atoms with Gasteiger partial charge in [0.25, 0.3) is 0 Å². The second-order valence-electron chi connectivity index (χ2n) is 5.83. The van der Waals surface area contributed by atoms with E-state index >= 15 is 0 Å². The molecule has 2 N–H and O–H groups in total. The van der Waals surface area contributed by atoms with Crippen LogP contribution >= 0.6 is 24.0 Å². The monoisotopic (exact) mass is 465 g/mol. The summed E-state index contributed by atoms with van der Waals surface area (Å²) in [5.74, 6) is 0.566. The SMILES string of the molecule is CN=C(NCCCOCC1CCCO1)NCCc1ccccc1F.I. The van der Waals surface area contributed by atoms with Crippen molar-refractivity contribution in [3.8, 4) is 0 Å². The molecule has 142 valence electrons. The van der Waals surface area contributed by atoms with E-state index in [1.54, 1.807) is 19.2 Å². The topological polar surface area (TPSA) is 54.9 Å². The maximum absolute atomic E-state index is 13.5. The molecule has 1 heterocycles. The molecule has 25 heavy (non-hydrogen) atoms. The highest BCUT2D eigenvalue weighted by atomic mass is 127. The predicted octanol–water partition coefficient (Wildman–Crippen LogP) is 2.74. The lowest BCUT2D eigenvalue weighted by atomic mass is 10.1. The zero-order valence-corrected chi connectivity index (χ0v) is 17.1. The van der Waals surface area contributed by atoms with Crippen molar-refractivity contribution in [2.24, 2.45) is 4.99 Å². The van der Waals surface area contributed by atoms with E-state index in [0.29, 0.717) is 31.7 Å². The number of rotatable bonds is 9. The van der Waals surface area contributed by atoms with E-state index in [4.69, 9.17) is 9.47 Å². The molecule has 0 radical (unpaired) electrons. The molecule has 1 aliphatic heterocycles. The molecule has 1 fully saturated rings. The van der Waals surface area contributed by atoms with Gasteiger partial charge < -0.3 is 20.1 Å². The van der Waals surface area contributed by atoms with E-state index in [1.165, 1.54) is 6.07 Å². The number of aliphatic imine (C=N–C) groups is 1. The van der Waals surface area contributed by atoms with Crippen LogP contribution in [0.25, 0.3) is 0 Å². The number of nitrogens with zero attached hydrogens (tertiary/aromatic N) is 1. The Kier molecular flexibility index (Phi) is 11.8. The summed E-state index contributed by atoms with van der Waals surface area (Å²) in [5.41, 5.74) is 0.711. The van der Waals surface area contributed by atoms with Gasteiger partial charge in [-0.1, -0.05) is 18.2 Å². The van der Waals surface area contributed by atoms with Crippen LogP contribution in [0.5, 0.6) is 0 Å². The van der Waals surface area contributed by atoms with E-state index in [1.807, 2.05) is 6.07 Å². The van der Waals surface area contributed by atoms with Crippen LogP contribution in [-0.2, 0) is 15.9 Å². The second kappa shape index (κ2) is 13.3. The molecule has 1 aromatic carbocycles. The van der Waals surface area contributed by atoms with E-state index in [2.05, 4.69) is 15.6 Å². The van der Waals surface area contributed by atoms with Gasteiger partial charge in [-0.15, -0.1) is 24.0 Å². The Hall–Kier alpha value is -0.930. The summed E-state index contributed by atoms with van der Waals surface area (Å²) in [6, 6.07) is 6.84. The Balaban J connectivity index is 0.00000312. The summed E-state index contributed by atoms with van der Waals surface area (Å²) >= 11 is 0. The number of nitrogens with one attached hydrogen (secondary N) is 2. The normalized spacial score (nSPS) is 17.2. The zero-order chi connectivity index (χ0) is 17.0. The van der Waals surface area contributed by atoms with Gasteiger partial charge in [0, 0.05) is 33.4 Å². The lowest BCUT2D eigenvalue weighted by molar-refractivity contribution is 0.0168. The van der Waals surface area contributed by atoms with E-state index < -0.39 is 0 Å². The van der Waals surface area contributed by atoms with Crippen LogP contribution in [0, 0.1) is 5.82 Å². The molecule has 0 aromatic heterocycles. The molecule has 0 amide bonds. The maximum Gasteiger partial charge on any atom is 0.190 e. The van der Waals surface area contributed by atoms with Crippen LogP contribution in [0.2, 0.25) is 0 Å². The van der Waals surface area contributed by atoms with Gasteiger partial charge in [0.15, 0.2) is 5.96 Å². The Bertz CT molecular complexity index is 511. The van der Waals surface area contributed by atoms with Crippen LogP contribution in [0.3, 0.4) is 0 Å². The largest absolute Gasteiger partial charge is 0.379 e. The first kappa shape index (κ1) is 22.1. The molecule has 2 rings (SSSR count). The van der Waals surface area contributed by atoms with E-state index in [-0.39, 0.29) is 35.9 Å². The number of guanidine groups is 1. The molecule has 5 nitrogen and oxygen atoms in total. The van der Waals surface area contributed by atoms with Crippen molar-refractivity contribution in [1.29, 1.82) is 0 Å². The van der Waals surface area contributed by atoms with Crippen molar-refractivity contribution >= 4 is 29.9 Å². The van der Waals surface area contributed by atoms with Gasteiger partial charge in [-0.25, -0.2) is 4.39 Å². The molecular weight excluding hydrogens is 436 g/mol. The van der Waals surface area contributed by atoms with Crippen molar-refractivity contribution < 1.29 is 13.9 Å². The number of ether oxygens (including phenoxy) is 2. The Morgan fingerprint density at radius 1 is 1.32 bits per heavy atom. The molecule has 7 heteroatoms. The summed E-state index contributed by atoms with van der Waals surface area (Å²) in [7, 11) is 1.73. The fraction of sp³-hybridized carbons (Fsp3) is 0.611. The van der Waals surface area contributed by atoms with Gasteiger partial charge in [-0.2, -0.15) is 0 Å². The summed E-state index contributed by atoms with van der Waals surface area (Å²) in [6.45, 7) is 3.68. The molecule has 0 spiro atoms. The fourth-order valence-corrected chi connectivity index (χ4v) is 2.61. The Morgan fingerprint density at radius 3 is 2.84 bits per heavy atom. The number of hydrogen-bond acceptors (Lipinski definition) is 3. The molecule has 1 saturated heterocycles. The average Bonchev–Trinajstić information content (AvgIpc) is 3.11. The second-order valence-corrected chi connectivity index (χ2v) is 5.83. The number of halogens is 2. The summed E-state index contributed by atoms with van der Waals surface area (Å²) < 4.78 is 24.7. The minimum absolute atomic E-state index is 0. The van der Waals surface area contributed by atoms with Crippen LogP contribution in [0.15, 0.2) is 29.3 Å². The zero-order valence-electron chi connectivity index (χ0n) is 14.8. The minimum Gasteiger partial charge on any atom is -0.379 e. The van der Waals surface area contributed by atoms with E-state index in [9.17, 15) is 4.39 Å². The first-order valence-electron chi connectivity index (χ1n) is 8.67. The third-order valence-electron chi connectivity index (χ3n) is 3.95. The smallest absolute Gasteiger partial charge is 0.190 e. The molecule has 1 atom stereocenters. The van der Waals surface area contributed by atoms with Gasteiger partial charge in [0.2, 0.25) is 0 Å². The molecule has 0 saturated carbocycles. The Morgan fingerprint density at radius 2 is 2.12 bits per heavy atom. The lowest BCUT2D eigenvalue weighted by Gasteiger charge is -2.13. The van der Waals surface area contributed by atoms with Crippen molar-refractivity contribution in [2.75, 3.05) is 40.0 Å². The third-order valence-corrected chi connectivity index (χ3v) is 3.95. The maximum atomic E-state index is 13.5. The molecule has 1 aliphatic rings. The first-order chi connectivity index (χ1) is 11.8. The van der Waals surface area contributed by atoms with Gasteiger partial charge in [0.1, 0.15) is 5.82 Å². The van der Waals surface area contributed by atoms with Crippen LogP contribution in [-0.4, -0.2) is 52.0 Å². The van der Waals surface area contributed by atoms with Crippen molar-refractivity contribution in [3.63, 3.8) is 0 Å². The molecule has 0 aliphatic carbocycles. The van der Waals surface area contributed by atoms with Gasteiger partial charge in [-0.05, 0) is 37.3 Å². The summed E-state index contributed by atoms with van der Waals surface area (Å²) in [6.07, 6.45) is 4.06. The Labute approximate surface area is 166 Å². The van der Waals surface area contributed by atoms with Gasteiger partial charge in [0.05, 0.1) is 12.7 Å². The predicted molar refractivity (Wildman–Crippen MR) is 109 cm³/mol. The lowest BCUT2D eigenvalue weighted by Crippen LogP contribution is -2.39.